The normalized spacial score (nSPS) is 20.8. The van der Waals surface area contributed by atoms with Crippen molar-refractivity contribution < 1.29 is 13.9 Å². The third kappa shape index (κ3) is 2.58. The van der Waals surface area contributed by atoms with Crippen molar-refractivity contribution in [2.24, 2.45) is 4.99 Å². The van der Waals surface area contributed by atoms with Gasteiger partial charge in [-0.2, -0.15) is 0 Å². The Morgan fingerprint density at radius 2 is 2.00 bits per heavy atom. The van der Waals surface area contributed by atoms with E-state index < -0.39 is 0 Å². The SMILES string of the molecule is COc1ccc2c(c1)CCC1=C2N=C2SCC(=O)N2C1c1ccc(F)cc1. The summed E-state index contributed by atoms with van der Waals surface area (Å²) in [6, 6.07) is 12.3. The van der Waals surface area contributed by atoms with Crippen molar-refractivity contribution in [3.8, 4) is 5.75 Å². The molecule has 1 saturated heterocycles. The van der Waals surface area contributed by atoms with Crippen LogP contribution in [0.4, 0.5) is 4.39 Å². The van der Waals surface area contributed by atoms with Gasteiger partial charge in [0.15, 0.2) is 5.17 Å². The van der Waals surface area contributed by atoms with Gasteiger partial charge in [0.05, 0.1) is 24.6 Å². The monoisotopic (exact) mass is 380 g/mol. The zero-order valence-electron chi connectivity index (χ0n) is 14.7. The zero-order valence-corrected chi connectivity index (χ0v) is 15.6. The van der Waals surface area contributed by atoms with Crippen molar-refractivity contribution in [3.05, 3.63) is 70.5 Å². The standard InChI is InChI=1S/C21H17FN2O2S/c1-26-15-7-9-16-13(10-15)4-8-17-19(16)23-21-24(18(25)11-27-21)20(17)12-2-5-14(22)6-3-12/h2-3,5-7,9-10,20H,4,8,11H2,1H3. The molecule has 3 aliphatic rings. The molecule has 1 fully saturated rings. The van der Waals surface area contributed by atoms with Crippen LogP contribution in [-0.4, -0.2) is 28.8 Å². The number of hydrogen-bond donors (Lipinski definition) is 0. The fourth-order valence-electron chi connectivity index (χ4n) is 4.05. The molecule has 6 heteroatoms. The summed E-state index contributed by atoms with van der Waals surface area (Å²) in [7, 11) is 1.67. The summed E-state index contributed by atoms with van der Waals surface area (Å²) in [6.45, 7) is 0. The number of amidine groups is 1. The molecule has 2 aromatic carbocycles. The van der Waals surface area contributed by atoms with Gasteiger partial charge >= 0.3 is 0 Å². The molecule has 136 valence electrons. The van der Waals surface area contributed by atoms with Crippen LogP contribution < -0.4 is 4.74 Å². The molecular formula is C21H17FN2O2S. The van der Waals surface area contributed by atoms with E-state index in [2.05, 4.69) is 6.07 Å². The van der Waals surface area contributed by atoms with Crippen LogP contribution in [0.1, 0.15) is 29.2 Å². The number of ether oxygens (including phenoxy) is 1. The van der Waals surface area contributed by atoms with E-state index >= 15 is 0 Å². The molecule has 5 rings (SSSR count). The van der Waals surface area contributed by atoms with Crippen LogP contribution in [0, 0.1) is 5.82 Å². The Morgan fingerprint density at radius 1 is 1.19 bits per heavy atom. The lowest BCUT2D eigenvalue weighted by Gasteiger charge is -2.37. The predicted octanol–water partition coefficient (Wildman–Crippen LogP) is 4.18. The minimum absolute atomic E-state index is 0.0557. The van der Waals surface area contributed by atoms with E-state index in [1.54, 1.807) is 24.1 Å². The number of amides is 1. The van der Waals surface area contributed by atoms with E-state index in [4.69, 9.17) is 9.73 Å². The number of thioether (sulfide) groups is 1. The lowest BCUT2D eigenvalue weighted by atomic mass is 9.82. The number of aliphatic imine (C=N–C) groups is 1. The first-order valence-corrected chi connectivity index (χ1v) is 9.83. The first kappa shape index (κ1) is 16.6. The van der Waals surface area contributed by atoms with Gasteiger partial charge in [0.2, 0.25) is 5.91 Å². The molecule has 0 bridgehead atoms. The second-order valence-corrected chi connectivity index (χ2v) is 7.74. The first-order chi connectivity index (χ1) is 13.2. The van der Waals surface area contributed by atoms with E-state index in [0.717, 1.165) is 46.2 Å². The molecule has 27 heavy (non-hydrogen) atoms. The summed E-state index contributed by atoms with van der Waals surface area (Å²) < 4.78 is 18.8. The zero-order chi connectivity index (χ0) is 18.5. The number of carbonyl (C=O) groups excluding carboxylic acids is 1. The van der Waals surface area contributed by atoms with Crippen molar-refractivity contribution >= 4 is 28.5 Å². The second kappa shape index (κ2) is 6.23. The Bertz CT molecular complexity index is 1010. The molecule has 0 aromatic heterocycles. The Hall–Kier alpha value is -2.60. The first-order valence-electron chi connectivity index (χ1n) is 8.85. The quantitative estimate of drug-likeness (QED) is 0.785. The Balaban J connectivity index is 1.69. The van der Waals surface area contributed by atoms with Crippen molar-refractivity contribution in [1.29, 1.82) is 0 Å². The number of rotatable bonds is 2. The average molecular weight is 380 g/mol. The highest BCUT2D eigenvalue weighted by molar-refractivity contribution is 8.15. The number of benzene rings is 2. The lowest BCUT2D eigenvalue weighted by molar-refractivity contribution is -0.125. The predicted molar refractivity (Wildman–Crippen MR) is 104 cm³/mol. The van der Waals surface area contributed by atoms with Gasteiger partial charge in [-0.3, -0.25) is 9.69 Å². The summed E-state index contributed by atoms with van der Waals surface area (Å²) in [5, 5.41) is 0.733. The largest absolute Gasteiger partial charge is 0.497 e. The second-order valence-electron chi connectivity index (χ2n) is 6.80. The highest BCUT2D eigenvalue weighted by Gasteiger charge is 2.42. The minimum atomic E-state index is -0.277. The summed E-state index contributed by atoms with van der Waals surface area (Å²) in [6.07, 6.45) is 1.67. The van der Waals surface area contributed by atoms with Crippen LogP contribution in [0.25, 0.3) is 5.70 Å². The Labute approximate surface area is 160 Å². The van der Waals surface area contributed by atoms with Gasteiger partial charge in [-0.15, -0.1) is 0 Å². The van der Waals surface area contributed by atoms with Gasteiger partial charge in [0, 0.05) is 5.56 Å². The van der Waals surface area contributed by atoms with Crippen LogP contribution in [0.2, 0.25) is 0 Å². The van der Waals surface area contributed by atoms with Crippen LogP contribution in [0.5, 0.6) is 5.75 Å². The van der Waals surface area contributed by atoms with E-state index in [1.807, 2.05) is 12.1 Å². The van der Waals surface area contributed by atoms with Crippen LogP contribution in [-0.2, 0) is 11.2 Å². The van der Waals surface area contributed by atoms with Crippen molar-refractivity contribution in [1.82, 2.24) is 4.90 Å². The highest BCUT2D eigenvalue weighted by Crippen LogP contribution is 2.47. The maximum Gasteiger partial charge on any atom is 0.239 e. The molecular weight excluding hydrogens is 363 g/mol. The van der Waals surface area contributed by atoms with Crippen LogP contribution >= 0.6 is 11.8 Å². The molecule has 1 unspecified atom stereocenters. The molecule has 0 spiro atoms. The van der Waals surface area contributed by atoms with E-state index in [-0.39, 0.29) is 17.8 Å². The molecule has 0 radical (unpaired) electrons. The lowest BCUT2D eigenvalue weighted by Crippen LogP contribution is -2.38. The van der Waals surface area contributed by atoms with Gasteiger partial charge in [0.25, 0.3) is 0 Å². The Kier molecular flexibility index (Phi) is 3.82. The summed E-state index contributed by atoms with van der Waals surface area (Å²) >= 11 is 1.47. The van der Waals surface area contributed by atoms with Crippen LogP contribution in [0.3, 0.4) is 0 Å². The fourth-order valence-corrected chi connectivity index (χ4v) is 4.95. The molecule has 1 amide bonds. The maximum atomic E-state index is 13.5. The molecule has 2 aromatic rings. The van der Waals surface area contributed by atoms with Gasteiger partial charge in [-0.05, 0) is 59.9 Å². The number of hydrogen-bond acceptors (Lipinski definition) is 4. The van der Waals surface area contributed by atoms with Crippen molar-refractivity contribution in [3.63, 3.8) is 0 Å². The number of carbonyl (C=O) groups is 1. The topological polar surface area (TPSA) is 41.9 Å². The average Bonchev–Trinajstić information content (AvgIpc) is 3.07. The van der Waals surface area contributed by atoms with E-state index in [9.17, 15) is 9.18 Å². The Morgan fingerprint density at radius 3 is 2.78 bits per heavy atom. The van der Waals surface area contributed by atoms with E-state index in [0.29, 0.717) is 5.75 Å². The third-order valence-electron chi connectivity index (χ3n) is 5.32. The minimum Gasteiger partial charge on any atom is -0.497 e. The van der Waals surface area contributed by atoms with Crippen molar-refractivity contribution in [2.45, 2.75) is 18.9 Å². The van der Waals surface area contributed by atoms with Gasteiger partial charge in [0.1, 0.15) is 11.6 Å². The van der Waals surface area contributed by atoms with E-state index in [1.165, 1.54) is 29.5 Å². The molecule has 4 nitrogen and oxygen atoms in total. The number of methoxy groups -OCH3 is 1. The van der Waals surface area contributed by atoms with Gasteiger partial charge < -0.3 is 4.74 Å². The smallest absolute Gasteiger partial charge is 0.239 e. The maximum absolute atomic E-state index is 13.5. The molecule has 2 heterocycles. The number of fused-ring (bicyclic) bond motifs is 3. The van der Waals surface area contributed by atoms with Gasteiger partial charge in [-0.1, -0.05) is 23.9 Å². The highest BCUT2D eigenvalue weighted by atomic mass is 32.2. The molecule has 0 saturated carbocycles. The molecule has 1 atom stereocenters. The third-order valence-corrected chi connectivity index (χ3v) is 6.25. The number of halogens is 1. The summed E-state index contributed by atoms with van der Waals surface area (Å²) in [5.74, 6) is 1.01. The number of nitrogens with zero attached hydrogens (tertiary/aromatic N) is 2. The molecule has 1 aliphatic carbocycles. The number of aryl methyl sites for hydroxylation is 1. The summed E-state index contributed by atoms with van der Waals surface area (Å²) in [4.78, 5) is 19.2. The molecule has 0 N–H and O–H groups in total. The summed E-state index contributed by atoms with van der Waals surface area (Å²) in [5.41, 5.74) is 5.29. The molecule has 2 aliphatic heterocycles. The van der Waals surface area contributed by atoms with Crippen molar-refractivity contribution in [2.75, 3.05) is 12.9 Å². The van der Waals surface area contributed by atoms with Crippen LogP contribution in [0.15, 0.2) is 53.0 Å². The fraction of sp³-hybridized carbons (Fsp3) is 0.238. The van der Waals surface area contributed by atoms with Gasteiger partial charge in [-0.25, -0.2) is 9.38 Å².